The van der Waals surface area contributed by atoms with Gasteiger partial charge in [-0.05, 0) is 154 Å². The lowest BCUT2D eigenvalue weighted by Gasteiger charge is -2.26. The van der Waals surface area contributed by atoms with Gasteiger partial charge in [0.25, 0.3) is 0 Å². The standard InChI is InChI=1S/C56H44N4O4/c1-58-56-42(13-7-40-10-18-44(19-11-40)60(47-24-32-51(63-4)33-25-47)48-26-34-52(64-5)35-27-48)15-36-53-54(56)37-14-41(55(53)38-57)12-6-39-8-16-43(17-9-39)59(45-20-28-49(61-2)29-21-45)46-22-30-50(62-3)31-23-46/h6-37H,2-5H3/b12-6+,13-7+. The fraction of sp³-hybridized carbons (Fsp3) is 0.0714. The molecule has 312 valence electrons. The van der Waals surface area contributed by atoms with Crippen LogP contribution < -0.4 is 28.7 Å². The third-order valence-electron chi connectivity index (χ3n) is 11.0. The molecule has 0 aromatic heterocycles. The number of hydrogen-bond donors (Lipinski definition) is 0. The van der Waals surface area contributed by atoms with E-state index in [2.05, 4.69) is 69.2 Å². The van der Waals surface area contributed by atoms with Gasteiger partial charge < -0.3 is 28.7 Å². The van der Waals surface area contributed by atoms with Crippen LogP contribution in [0.25, 0.3) is 39.9 Å². The highest BCUT2D eigenvalue weighted by Gasteiger charge is 2.16. The number of fused-ring (bicyclic) bond motifs is 1. The third-order valence-corrected chi connectivity index (χ3v) is 11.0. The van der Waals surface area contributed by atoms with Crippen LogP contribution in [0.15, 0.2) is 170 Å². The van der Waals surface area contributed by atoms with Crippen LogP contribution in [-0.4, -0.2) is 28.4 Å². The number of nitriles is 1. The van der Waals surface area contributed by atoms with Crippen molar-refractivity contribution in [3.8, 4) is 29.1 Å². The summed E-state index contributed by atoms with van der Waals surface area (Å²) in [6.45, 7) is 8.17. The molecule has 8 heteroatoms. The summed E-state index contributed by atoms with van der Waals surface area (Å²) >= 11 is 0. The van der Waals surface area contributed by atoms with E-state index in [9.17, 15) is 5.26 Å². The molecule has 8 aromatic carbocycles. The third kappa shape index (κ3) is 8.99. The Kier molecular flexibility index (Phi) is 12.7. The van der Waals surface area contributed by atoms with Crippen LogP contribution in [0.3, 0.4) is 0 Å². The van der Waals surface area contributed by atoms with Gasteiger partial charge in [-0.3, -0.25) is 0 Å². The molecular weight excluding hydrogens is 793 g/mol. The first-order valence-electron chi connectivity index (χ1n) is 20.5. The maximum absolute atomic E-state index is 10.4. The molecule has 0 atom stereocenters. The second-order valence-corrected chi connectivity index (χ2v) is 14.7. The van der Waals surface area contributed by atoms with E-state index in [1.54, 1.807) is 28.4 Å². The minimum Gasteiger partial charge on any atom is -0.497 e. The average molecular weight is 837 g/mol. The maximum atomic E-state index is 10.4. The molecular formula is C56H44N4O4. The van der Waals surface area contributed by atoms with E-state index >= 15 is 0 Å². The molecule has 0 radical (unpaired) electrons. The lowest BCUT2D eigenvalue weighted by Crippen LogP contribution is -2.09. The molecule has 0 aliphatic rings. The van der Waals surface area contributed by atoms with E-state index < -0.39 is 0 Å². The summed E-state index contributed by atoms with van der Waals surface area (Å²) < 4.78 is 21.6. The van der Waals surface area contributed by atoms with Crippen LogP contribution in [0.1, 0.15) is 27.8 Å². The van der Waals surface area contributed by atoms with Gasteiger partial charge in [-0.1, -0.05) is 72.8 Å². The van der Waals surface area contributed by atoms with Gasteiger partial charge in [0.2, 0.25) is 5.69 Å². The zero-order valence-electron chi connectivity index (χ0n) is 35.9. The number of benzene rings is 8. The van der Waals surface area contributed by atoms with Gasteiger partial charge in [0.1, 0.15) is 29.1 Å². The Morgan fingerprint density at radius 3 is 1.05 bits per heavy atom. The number of rotatable bonds is 14. The second kappa shape index (κ2) is 19.3. The minimum absolute atomic E-state index is 0.497. The lowest BCUT2D eigenvalue weighted by atomic mass is 9.95. The van der Waals surface area contributed by atoms with Crippen molar-refractivity contribution >= 4 is 74.9 Å². The van der Waals surface area contributed by atoms with E-state index in [0.29, 0.717) is 11.3 Å². The molecule has 0 fully saturated rings. The Hall–Kier alpha value is -8.72. The summed E-state index contributed by atoms with van der Waals surface area (Å²) in [5.41, 5.74) is 10.4. The van der Waals surface area contributed by atoms with Crippen LogP contribution in [0.5, 0.6) is 23.0 Å². The number of nitrogens with zero attached hydrogens (tertiary/aromatic N) is 4. The number of ether oxygens (including phenoxy) is 4. The Morgan fingerprint density at radius 2 is 0.719 bits per heavy atom. The van der Waals surface area contributed by atoms with Gasteiger partial charge in [-0.2, -0.15) is 5.26 Å². The SMILES string of the molecule is [C-]#[N+]c1c(/C=C/c2ccc(N(c3ccc(OC)cc3)c3ccc(OC)cc3)cc2)ccc2c(C#N)c(/C=C/c3ccc(N(c4ccc(OC)cc4)c4ccc(OC)cc4)cc3)ccc12. The molecule has 64 heavy (non-hydrogen) atoms. The van der Waals surface area contributed by atoms with Crippen LogP contribution >= 0.6 is 0 Å². The summed E-state index contributed by atoms with van der Waals surface area (Å²) in [7, 11) is 6.63. The molecule has 0 heterocycles. The molecule has 8 nitrogen and oxygen atoms in total. The molecule has 0 bridgehead atoms. The number of anilines is 6. The van der Waals surface area contributed by atoms with E-state index in [-0.39, 0.29) is 0 Å². The van der Waals surface area contributed by atoms with Gasteiger partial charge in [0.05, 0.1) is 40.6 Å². The van der Waals surface area contributed by atoms with Crippen molar-refractivity contribution < 1.29 is 18.9 Å². The maximum Gasteiger partial charge on any atom is 0.202 e. The van der Waals surface area contributed by atoms with Crippen LogP contribution in [0.2, 0.25) is 0 Å². The van der Waals surface area contributed by atoms with Crippen LogP contribution in [-0.2, 0) is 0 Å². The van der Waals surface area contributed by atoms with Crippen molar-refractivity contribution in [2.45, 2.75) is 0 Å². The first-order chi connectivity index (χ1) is 31.4. The largest absolute Gasteiger partial charge is 0.497 e. The highest BCUT2D eigenvalue weighted by molar-refractivity contribution is 6.03. The Bertz CT molecular complexity index is 2720. The van der Waals surface area contributed by atoms with Crippen molar-refractivity contribution in [3.05, 3.63) is 209 Å². The summed E-state index contributed by atoms with van der Waals surface area (Å²) in [5, 5.41) is 11.9. The Morgan fingerprint density at radius 1 is 0.406 bits per heavy atom. The molecule has 0 unspecified atom stereocenters. The summed E-state index contributed by atoms with van der Waals surface area (Å²) in [6, 6.07) is 58.5. The normalized spacial score (nSPS) is 11.0. The van der Waals surface area contributed by atoms with Crippen molar-refractivity contribution in [1.82, 2.24) is 0 Å². The van der Waals surface area contributed by atoms with E-state index in [4.69, 9.17) is 25.5 Å². The zero-order chi connectivity index (χ0) is 44.4. The molecule has 0 saturated heterocycles. The van der Waals surface area contributed by atoms with Crippen molar-refractivity contribution in [3.63, 3.8) is 0 Å². The highest BCUT2D eigenvalue weighted by atomic mass is 16.5. The Labute approximate surface area is 374 Å². The molecule has 0 aliphatic heterocycles. The van der Waals surface area contributed by atoms with Gasteiger partial charge in [0, 0.05) is 34.1 Å². The Balaban J connectivity index is 1.03. The molecule has 0 saturated carbocycles. The zero-order valence-corrected chi connectivity index (χ0v) is 35.9. The average Bonchev–Trinajstić information content (AvgIpc) is 3.36. The molecule has 8 rings (SSSR count). The summed E-state index contributed by atoms with van der Waals surface area (Å²) in [5.74, 6) is 3.13. The lowest BCUT2D eigenvalue weighted by molar-refractivity contribution is 0.414. The van der Waals surface area contributed by atoms with Crippen LogP contribution in [0.4, 0.5) is 39.8 Å². The quantitative estimate of drug-likeness (QED) is 0.0798. The fourth-order valence-electron chi connectivity index (χ4n) is 7.61. The monoisotopic (exact) mass is 836 g/mol. The van der Waals surface area contributed by atoms with E-state index in [1.165, 1.54) is 0 Å². The van der Waals surface area contributed by atoms with E-state index in [0.717, 1.165) is 90.1 Å². The van der Waals surface area contributed by atoms with Crippen molar-refractivity contribution in [1.29, 1.82) is 5.26 Å². The predicted octanol–water partition coefficient (Wildman–Crippen LogP) is 14.6. The summed E-state index contributed by atoms with van der Waals surface area (Å²) in [6.07, 6.45) is 7.92. The molecule has 0 spiro atoms. The highest BCUT2D eigenvalue weighted by Crippen LogP contribution is 2.39. The van der Waals surface area contributed by atoms with Gasteiger partial charge in [-0.15, -0.1) is 0 Å². The van der Waals surface area contributed by atoms with Crippen molar-refractivity contribution in [2.24, 2.45) is 0 Å². The minimum atomic E-state index is 0.497. The number of hydrogen-bond acceptors (Lipinski definition) is 7. The molecule has 0 aliphatic carbocycles. The fourth-order valence-corrected chi connectivity index (χ4v) is 7.61. The van der Waals surface area contributed by atoms with Crippen molar-refractivity contribution in [2.75, 3.05) is 38.2 Å². The molecule has 0 N–H and O–H groups in total. The number of methoxy groups -OCH3 is 4. The first-order valence-corrected chi connectivity index (χ1v) is 20.5. The topological polar surface area (TPSA) is 71.6 Å². The predicted molar refractivity (Wildman–Crippen MR) is 261 cm³/mol. The summed E-state index contributed by atoms with van der Waals surface area (Å²) in [4.78, 5) is 8.29. The first kappa shape index (κ1) is 42.0. The van der Waals surface area contributed by atoms with Gasteiger partial charge in [-0.25, -0.2) is 4.85 Å². The van der Waals surface area contributed by atoms with Gasteiger partial charge >= 0.3 is 0 Å². The second-order valence-electron chi connectivity index (χ2n) is 14.7. The van der Waals surface area contributed by atoms with Gasteiger partial charge in [0.15, 0.2) is 0 Å². The van der Waals surface area contributed by atoms with E-state index in [1.807, 2.05) is 146 Å². The molecule has 8 aromatic rings. The smallest absolute Gasteiger partial charge is 0.202 e. The molecule has 0 amide bonds. The van der Waals surface area contributed by atoms with Crippen LogP contribution in [0, 0.1) is 17.9 Å².